The Bertz CT molecular complexity index is 597. The van der Waals surface area contributed by atoms with Gasteiger partial charge in [-0.15, -0.1) is 11.3 Å². The predicted octanol–water partition coefficient (Wildman–Crippen LogP) is 3.53. The minimum Gasteiger partial charge on any atom is -0.443 e. The summed E-state index contributed by atoms with van der Waals surface area (Å²) in [4.78, 5) is 9.85. The van der Waals surface area contributed by atoms with Gasteiger partial charge >= 0.3 is 0 Å². The third-order valence-electron chi connectivity index (χ3n) is 3.90. The second kappa shape index (κ2) is 7.45. The van der Waals surface area contributed by atoms with Gasteiger partial charge in [-0.05, 0) is 24.3 Å². The Balaban J connectivity index is 1.54. The largest absolute Gasteiger partial charge is 0.443 e. The maximum atomic E-state index is 5.99. The van der Waals surface area contributed by atoms with E-state index in [0.717, 1.165) is 10.6 Å². The molecule has 22 heavy (non-hydrogen) atoms. The Kier molecular flexibility index (Phi) is 5.11. The van der Waals surface area contributed by atoms with Gasteiger partial charge in [0.2, 0.25) is 5.89 Å². The second-order valence-electron chi connectivity index (χ2n) is 5.66. The molecule has 3 rings (SSSR count). The molecule has 1 saturated carbocycles. The van der Waals surface area contributed by atoms with Crippen LogP contribution in [0.1, 0.15) is 44.2 Å². The Morgan fingerprint density at radius 2 is 2.18 bits per heavy atom. The number of nitrogens with two attached hydrogens (primary N) is 1. The van der Waals surface area contributed by atoms with Crippen LogP contribution in [0.2, 0.25) is 0 Å². The highest BCUT2D eigenvalue weighted by atomic mass is 32.1. The fraction of sp³-hybridized carbons (Fsp3) is 0.500. The van der Waals surface area contributed by atoms with Crippen molar-refractivity contribution in [3.8, 4) is 10.8 Å². The topological polar surface area (TPSA) is 76.4 Å². The molecule has 1 aliphatic rings. The number of guanidine groups is 1. The van der Waals surface area contributed by atoms with E-state index in [1.165, 1.54) is 38.5 Å². The molecule has 0 saturated heterocycles. The van der Waals surface area contributed by atoms with E-state index in [9.17, 15) is 0 Å². The van der Waals surface area contributed by atoms with Crippen LogP contribution >= 0.6 is 11.3 Å². The summed E-state index contributed by atoms with van der Waals surface area (Å²) >= 11 is 1.61. The molecule has 1 aliphatic carbocycles. The number of hydrogen-bond acceptors (Lipinski definition) is 4. The van der Waals surface area contributed by atoms with Crippen LogP contribution in [0.5, 0.6) is 0 Å². The second-order valence-corrected chi connectivity index (χ2v) is 6.60. The number of rotatable bonds is 4. The van der Waals surface area contributed by atoms with E-state index in [-0.39, 0.29) is 0 Å². The van der Waals surface area contributed by atoms with Crippen LogP contribution in [-0.4, -0.2) is 17.0 Å². The standard InChI is InChI=1S/C16H22N4OS/c17-16(20-12-6-3-1-2-4-7-12)18-10-13-11-21-15(19-13)14-8-5-9-22-14/h5,8-9,11-12H,1-4,6-7,10H2,(H3,17,18,20). The summed E-state index contributed by atoms with van der Waals surface area (Å²) in [6, 6.07) is 4.44. The molecule has 0 radical (unpaired) electrons. The molecule has 0 bridgehead atoms. The minimum absolute atomic E-state index is 0.445. The molecular weight excluding hydrogens is 296 g/mol. The van der Waals surface area contributed by atoms with Crippen molar-refractivity contribution in [2.45, 2.75) is 51.1 Å². The maximum absolute atomic E-state index is 5.99. The van der Waals surface area contributed by atoms with Crippen LogP contribution in [-0.2, 0) is 6.54 Å². The van der Waals surface area contributed by atoms with Crippen molar-refractivity contribution < 1.29 is 4.42 Å². The summed E-state index contributed by atoms with van der Waals surface area (Å²) < 4.78 is 5.48. The van der Waals surface area contributed by atoms with E-state index in [1.807, 2.05) is 17.5 Å². The molecule has 2 aromatic heterocycles. The number of oxazole rings is 1. The molecular formula is C16H22N4OS. The van der Waals surface area contributed by atoms with Crippen LogP contribution in [0.3, 0.4) is 0 Å². The molecule has 0 atom stereocenters. The van der Waals surface area contributed by atoms with Crippen molar-refractivity contribution in [1.82, 2.24) is 10.3 Å². The number of aromatic nitrogens is 1. The lowest BCUT2D eigenvalue weighted by Gasteiger charge is -2.16. The van der Waals surface area contributed by atoms with Crippen LogP contribution in [0.25, 0.3) is 10.8 Å². The Morgan fingerprint density at radius 3 is 2.91 bits per heavy atom. The summed E-state index contributed by atoms with van der Waals surface area (Å²) in [5, 5.41) is 5.34. The van der Waals surface area contributed by atoms with E-state index in [0.29, 0.717) is 24.4 Å². The number of hydrogen-bond donors (Lipinski definition) is 2. The zero-order chi connectivity index (χ0) is 15.2. The molecule has 0 spiro atoms. The van der Waals surface area contributed by atoms with Gasteiger partial charge < -0.3 is 15.5 Å². The van der Waals surface area contributed by atoms with Crippen LogP contribution in [0.15, 0.2) is 33.2 Å². The minimum atomic E-state index is 0.445. The highest BCUT2D eigenvalue weighted by Gasteiger charge is 2.12. The van der Waals surface area contributed by atoms with E-state index in [1.54, 1.807) is 17.6 Å². The summed E-state index contributed by atoms with van der Waals surface area (Å²) in [6.07, 6.45) is 9.24. The van der Waals surface area contributed by atoms with Gasteiger partial charge in [-0.25, -0.2) is 9.98 Å². The molecule has 2 heterocycles. The van der Waals surface area contributed by atoms with Crippen LogP contribution in [0.4, 0.5) is 0 Å². The zero-order valence-electron chi connectivity index (χ0n) is 12.6. The van der Waals surface area contributed by atoms with E-state index in [2.05, 4.69) is 15.3 Å². The van der Waals surface area contributed by atoms with Crippen LogP contribution in [0, 0.1) is 0 Å². The van der Waals surface area contributed by atoms with Crippen molar-refractivity contribution in [2.24, 2.45) is 10.7 Å². The quantitative estimate of drug-likeness (QED) is 0.513. The van der Waals surface area contributed by atoms with Crippen molar-refractivity contribution in [3.05, 3.63) is 29.5 Å². The van der Waals surface area contributed by atoms with Gasteiger partial charge in [0, 0.05) is 6.04 Å². The lowest BCUT2D eigenvalue weighted by molar-refractivity contribution is 0.530. The highest BCUT2D eigenvalue weighted by molar-refractivity contribution is 7.13. The van der Waals surface area contributed by atoms with Crippen LogP contribution < -0.4 is 11.1 Å². The number of aliphatic imine (C=N–C) groups is 1. The van der Waals surface area contributed by atoms with E-state index in [4.69, 9.17) is 10.2 Å². The molecule has 0 amide bonds. The monoisotopic (exact) mass is 318 g/mol. The summed E-state index contributed by atoms with van der Waals surface area (Å²) in [5.41, 5.74) is 6.79. The SMILES string of the molecule is NC(=NCc1coc(-c2cccs2)n1)NC1CCCCCC1. The first-order chi connectivity index (χ1) is 10.8. The molecule has 118 valence electrons. The first kappa shape index (κ1) is 15.1. The first-order valence-corrected chi connectivity index (χ1v) is 8.74. The fourth-order valence-corrected chi connectivity index (χ4v) is 3.39. The Labute approximate surface area is 134 Å². The van der Waals surface area contributed by atoms with E-state index < -0.39 is 0 Å². The predicted molar refractivity (Wildman–Crippen MR) is 89.8 cm³/mol. The zero-order valence-corrected chi connectivity index (χ0v) is 13.4. The molecule has 5 nitrogen and oxygen atoms in total. The number of nitrogens with one attached hydrogen (secondary N) is 1. The van der Waals surface area contributed by atoms with Gasteiger partial charge in [0.05, 0.1) is 11.4 Å². The first-order valence-electron chi connectivity index (χ1n) is 7.86. The number of nitrogens with zero attached hydrogens (tertiary/aromatic N) is 2. The van der Waals surface area contributed by atoms with Gasteiger partial charge in [0.1, 0.15) is 12.0 Å². The van der Waals surface area contributed by atoms with Crippen molar-refractivity contribution in [3.63, 3.8) is 0 Å². The van der Waals surface area contributed by atoms with Gasteiger partial charge in [-0.2, -0.15) is 0 Å². The molecule has 0 aromatic carbocycles. The third kappa shape index (κ3) is 4.10. The average Bonchev–Trinajstić information content (AvgIpc) is 3.14. The lowest BCUT2D eigenvalue weighted by atomic mass is 10.1. The lowest BCUT2D eigenvalue weighted by Crippen LogP contribution is -2.39. The third-order valence-corrected chi connectivity index (χ3v) is 4.76. The molecule has 0 unspecified atom stereocenters. The normalized spacial score (nSPS) is 17.4. The van der Waals surface area contributed by atoms with Crippen molar-refractivity contribution >= 4 is 17.3 Å². The van der Waals surface area contributed by atoms with Crippen molar-refractivity contribution in [2.75, 3.05) is 0 Å². The van der Waals surface area contributed by atoms with Crippen molar-refractivity contribution in [1.29, 1.82) is 0 Å². The smallest absolute Gasteiger partial charge is 0.236 e. The molecule has 2 aromatic rings. The van der Waals surface area contributed by atoms with Gasteiger partial charge in [-0.3, -0.25) is 0 Å². The molecule has 0 aliphatic heterocycles. The summed E-state index contributed by atoms with van der Waals surface area (Å²) in [7, 11) is 0. The Morgan fingerprint density at radius 1 is 1.36 bits per heavy atom. The average molecular weight is 318 g/mol. The van der Waals surface area contributed by atoms with Gasteiger partial charge in [-0.1, -0.05) is 31.7 Å². The van der Waals surface area contributed by atoms with E-state index >= 15 is 0 Å². The highest BCUT2D eigenvalue weighted by Crippen LogP contribution is 2.23. The maximum Gasteiger partial charge on any atom is 0.236 e. The molecule has 1 fully saturated rings. The van der Waals surface area contributed by atoms with Gasteiger partial charge in [0.25, 0.3) is 0 Å². The molecule has 6 heteroatoms. The summed E-state index contributed by atoms with van der Waals surface area (Å²) in [6.45, 7) is 0.445. The molecule has 3 N–H and O–H groups in total. The Hall–Kier alpha value is -1.82. The summed E-state index contributed by atoms with van der Waals surface area (Å²) in [5.74, 6) is 1.16. The van der Waals surface area contributed by atoms with Gasteiger partial charge in [0.15, 0.2) is 5.96 Å². The fourth-order valence-electron chi connectivity index (χ4n) is 2.74. The number of thiophene rings is 1.